The van der Waals surface area contributed by atoms with Gasteiger partial charge >= 0.3 is 0 Å². The molecule has 0 radical (unpaired) electrons. The molecule has 28 heavy (non-hydrogen) atoms. The van der Waals surface area contributed by atoms with E-state index in [9.17, 15) is 5.11 Å². The Morgan fingerprint density at radius 1 is 1.18 bits per heavy atom. The van der Waals surface area contributed by atoms with E-state index in [2.05, 4.69) is 15.0 Å². The Labute approximate surface area is 212 Å². The summed E-state index contributed by atoms with van der Waals surface area (Å²) in [5.74, 6) is 0.262. The quantitative estimate of drug-likeness (QED) is 0.214. The molecule has 1 fully saturated rings. The summed E-state index contributed by atoms with van der Waals surface area (Å²) in [5, 5.41) is 14.9. The molecule has 0 aliphatic carbocycles. The zero-order valence-corrected chi connectivity index (χ0v) is 21.7. The number of pyridine rings is 1. The normalized spacial score (nSPS) is 15.2. The van der Waals surface area contributed by atoms with Crippen LogP contribution in [0.15, 0.2) is 41.7 Å². The van der Waals surface area contributed by atoms with Crippen LogP contribution in [0.3, 0.4) is 0 Å². The van der Waals surface area contributed by atoms with Crippen LogP contribution in [0.4, 0.5) is 0 Å². The molecule has 0 amide bonds. The second-order valence-electron chi connectivity index (χ2n) is 6.20. The molecule has 1 aliphatic rings. The minimum absolute atomic E-state index is 0. The standard InChI is InChI=1S/C18H24N4O2.2ClH.2HI/c19-18(15-10-14-6-2-3-7-17(14)20-11-15)21-24-13-16(23)12-22-8-4-1-5-9-22;;;;/h2-3,6-7,10-11,16,23H,1,4-5,8-9,12-13H2,(H2,19,21);4*1H. The number of aliphatic hydroxyl groups excluding tert-OH is 1. The number of halogens is 4. The summed E-state index contributed by atoms with van der Waals surface area (Å²) in [5.41, 5.74) is 7.57. The average Bonchev–Trinajstić information content (AvgIpc) is 2.62. The molecule has 0 spiro atoms. The molecule has 2 heterocycles. The number of aromatic nitrogens is 1. The van der Waals surface area contributed by atoms with E-state index < -0.39 is 6.10 Å². The van der Waals surface area contributed by atoms with Gasteiger partial charge in [-0.2, -0.15) is 0 Å². The molecule has 160 valence electrons. The molecule has 1 atom stereocenters. The number of benzene rings is 1. The van der Waals surface area contributed by atoms with Crippen molar-refractivity contribution in [1.29, 1.82) is 0 Å². The van der Waals surface area contributed by atoms with E-state index in [1.54, 1.807) is 6.20 Å². The van der Waals surface area contributed by atoms with E-state index in [0.29, 0.717) is 12.1 Å². The largest absolute Gasteiger partial charge is 0.391 e. The lowest BCUT2D eigenvalue weighted by molar-refractivity contribution is 0.0157. The van der Waals surface area contributed by atoms with Gasteiger partial charge in [0.25, 0.3) is 0 Å². The lowest BCUT2D eigenvalue weighted by Gasteiger charge is -2.27. The number of fused-ring (bicyclic) bond motifs is 1. The number of piperidine rings is 1. The number of oxime groups is 1. The number of amidine groups is 1. The van der Waals surface area contributed by atoms with Crippen molar-refractivity contribution in [3.63, 3.8) is 0 Å². The second kappa shape index (κ2) is 15.7. The summed E-state index contributed by atoms with van der Waals surface area (Å²) in [7, 11) is 0. The minimum atomic E-state index is -0.561. The van der Waals surface area contributed by atoms with Gasteiger partial charge in [0.2, 0.25) is 0 Å². The van der Waals surface area contributed by atoms with Crippen molar-refractivity contribution in [2.24, 2.45) is 10.9 Å². The molecule has 6 nitrogen and oxygen atoms in total. The number of nitrogens with zero attached hydrogens (tertiary/aromatic N) is 3. The smallest absolute Gasteiger partial charge is 0.171 e. The van der Waals surface area contributed by atoms with E-state index >= 15 is 0 Å². The molecule has 3 rings (SSSR count). The van der Waals surface area contributed by atoms with Crippen LogP contribution < -0.4 is 5.73 Å². The fourth-order valence-electron chi connectivity index (χ4n) is 2.95. The zero-order chi connectivity index (χ0) is 16.8. The Morgan fingerprint density at radius 3 is 2.57 bits per heavy atom. The Balaban J connectivity index is 0. The van der Waals surface area contributed by atoms with E-state index in [1.807, 2.05) is 30.3 Å². The first-order valence-electron chi connectivity index (χ1n) is 8.43. The Kier molecular flexibility index (Phi) is 16.8. The molecule has 0 bridgehead atoms. The third kappa shape index (κ3) is 9.12. The maximum Gasteiger partial charge on any atom is 0.171 e. The van der Waals surface area contributed by atoms with Gasteiger partial charge in [0, 0.05) is 23.7 Å². The number of para-hydroxylation sites is 1. The monoisotopic (exact) mass is 656 g/mol. The van der Waals surface area contributed by atoms with Crippen molar-refractivity contribution in [2.75, 3.05) is 26.2 Å². The number of hydrogen-bond acceptors (Lipinski definition) is 5. The fraction of sp³-hybridized carbons (Fsp3) is 0.444. The molecule has 1 saturated heterocycles. The summed E-state index contributed by atoms with van der Waals surface area (Å²) in [6.07, 6.45) is 4.80. The average molecular weight is 657 g/mol. The molecule has 2 aromatic rings. The van der Waals surface area contributed by atoms with Crippen LogP contribution in [0, 0.1) is 0 Å². The predicted octanol–water partition coefficient (Wildman–Crippen LogP) is 3.80. The summed E-state index contributed by atoms with van der Waals surface area (Å²) in [4.78, 5) is 11.8. The lowest BCUT2D eigenvalue weighted by Crippen LogP contribution is -2.38. The molecule has 1 unspecified atom stereocenters. The first-order chi connectivity index (χ1) is 11.7. The third-order valence-electron chi connectivity index (χ3n) is 4.23. The van der Waals surface area contributed by atoms with Crippen molar-refractivity contribution < 1.29 is 9.94 Å². The molecule has 3 N–H and O–H groups in total. The van der Waals surface area contributed by atoms with Crippen LogP contribution in [0.25, 0.3) is 10.9 Å². The van der Waals surface area contributed by atoms with Crippen molar-refractivity contribution in [1.82, 2.24) is 9.88 Å². The van der Waals surface area contributed by atoms with Gasteiger partial charge in [-0.05, 0) is 38.1 Å². The second-order valence-corrected chi connectivity index (χ2v) is 6.20. The van der Waals surface area contributed by atoms with Gasteiger partial charge in [-0.25, -0.2) is 0 Å². The minimum Gasteiger partial charge on any atom is -0.391 e. The highest BCUT2D eigenvalue weighted by Gasteiger charge is 2.15. The van der Waals surface area contributed by atoms with Gasteiger partial charge in [-0.3, -0.25) is 4.98 Å². The molecular formula is C18H28Cl2I2N4O2. The predicted molar refractivity (Wildman–Crippen MR) is 140 cm³/mol. The molecule has 1 aromatic heterocycles. The highest BCUT2D eigenvalue weighted by molar-refractivity contribution is 14.0. The van der Waals surface area contributed by atoms with E-state index in [4.69, 9.17) is 10.6 Å². The van der Waals surface area contributed by atoms with Gasteiger partial charge in [0.15, 0.2) is 5.84 Å². The van der Waals surface area contributed by atoms with Crippen LogP contribution in [-0.4, -0.2) is 53.2 Å². The lowest BCUT2D eigenvalue weighted by atomic mass is 10.1. The Bertz CT molecular complexity index is 719. The summed E-state index contributed by atoms with van der Waals surface area (Å²) < 4.78 is 0. The topological polar surface area (TPSA) is 84.0 Å². The molecule has 10 heteroatoms. The Hall–Kier alpha value is -0.140. The van der Waals surface area contributed by atoms with E-state index in [1.165, 1.54) is 19.3 Å². The summed E-state index contributed by atoms with van der Waals surface area (Å²) >= 11 is 0. The maximum atomic E-state index is 10.0. The van der Waals surface area contributed by atoms with Crippen LogP contribution >= 0.6 is 72.8 Å². The number of likely N-dealkylation sites (tertiary alicyclic amines) is 1. The van der Waals surface area contributed by atoms with Crippen molar-refractivity contribution in [3.05, 3.63) is 42.1 Å². The van der Waals surface area contributed by atoms with E-state index in [0.717, 1.165) is 24.0 Å². The summed E-state index contributed by atoms with van der Waals surface area (Å²) in [6, 6.07) is 9.74. The van der Waals surface area contributed by atoms with Crippen LogP contribution in [0.1, 0.15) is 24.8 Å². The summed E-state index contributed by atoms with van der Waals surface area (Å²) in [6.45, 7) is 2.85. The van der Waals surface area contributed by atoms with E-state index in [-0.39, 0.29) is 85.2 Å². The molecular weight excluding hydrogens is 629 g/mol. The fourth-order valence-corrected chi connectivity index (χ4v) is 2.95. The molecule has 1 aliphatic heterocycles. The zero-order valence-electron chi connectivity index (χ0n) is 15.4. The van der Waals surface area contributed by atoms with Crippen LogP contribution in [0.5, 0.6) is 0 Å². The van der Waals surface area contributed by atoms with Crippen molar-refractivity contribution >= 4 is 89.5 Å². The highest BCUT2D eigenvalue weighted by Crippen LogP contribution is 2.12. The van der Waals surface area contributed by atoms with Gasteiger partial charge in [-0.1, -0.05) is 29.8 Å². The molecule has 0 saturated carbocycles. The van der Waals surface area contributed by atoms with Crippen LogP contribution in [0.2, 0.25) is 0 Å². The van der Waals surface area contributed by atoms with Gasteiger partial charge < -0.3 is 20.6 Å². The van der Waals surface area contributed by atoms with Crippen molar-refractivity contribution in [3.8, 4) is 0 Å². The first-order valence-corrected chi connectivity index (χ1v) is 8.43. The number of β-amino-alcohol motifs (C(OH)–C–C–N with tert-alkyl or cyclic N) is 1. The third-order valence-corrected chi connectivity index (χ3v) is 4.23. The SMILES string of the molecule is Cl.Cl.I.I.NC(=NOCC(O)CN1CCCCC1)c1cnc2ccccc2c1. The van der Waals surface area contributed by atoms with Crippen LogP contribution in [-0.2, 0) is 4.84 Å². The first kappa shape index (κ1) is 30.1. The molecule has 1 aromatic carbocycles. The van der Waals surface area contributed by atoms with Crippen molar-refractivity contribution in [2.45, 2.75) is 25.4 Å². The van der Waals surface area contributed by atoms with Gasteiger partial charge in [-0.15, -0.1) is 72.8 Å². The maximum absolute atomic E-state index is 10.0. The number of rotatable bonds is 6. The Morgan fingerprint density at radius 2 is 1.86 bits per heavy atom. The van der Waals surface area contributed by atoms with Gasteiger partial charge in [0.05, 0.1) is 5.52 Å². The highest BCUT2D eigenvalue weighted by atomic mass is 127. The van der Waals surface area contributed by atoms with Gasteiger partial charge in [0.1, 0.15) is 12.7 Å². The number of aliphatic hydroxyl groups is 1. The number of nitrogens with two attached hydrogens (primary N) is 1. The number of hydrogen-bond donors (Lipinski definition) is 2.